The van der Waals surface area contributed by atoms with E-state index in [9.17, 15) is 4.79 Å². The molecule has 2 aliphatic heterocycles. The van der Waals surface area contributed by atoms with Crippen molar-refractivity contribution in [3.63, 3.8) is 0 Å². The Bertz CT molecular complexity index is 1270. The highest BCUT2D eigenvalue weighted by Crippen LogP contribution is 2.51. The van der Waals surface area contributed by atoms with Crippen molar-refractivity contribution in [2.75, 3.05) is 13.1 Å². The van der Waals surface area contributed by atoms with Crippen LogP contribution in [0.15, 0.2) is 90.3 Å². The van der Waals surface area contributed by atoms with Gasteiger partial charge in [0.2, 0.25) is 0 Å². The Labute approximate surface area is 198 Å². The lowest BCUT2D eigenvalue weighted by atomic mass is 9.83. The Morgan fingerprint density at radius 3 is 2.09 bits per heavy atom. The molecule has 1 spiro atoms. The molecule has 3 nitrogen and oxygen atoms in total. The maximum absolute atomic E-state index is 12.8. The van der Waals surface area contributed by atoms with Gasteiger partial charge < -0.3 is 4.74 Å². The molecule has 1 aromatic heterocycles. The molecule has 6 rings (SSSR count). The summed E-state index contributed by atoms with van der Waals surface area (Å²) in [6.45, 7) is 2.78. The lowest BCUT2D eigenvalue weighted by molar-refractivity contribution is -0.0437. The minimum absolute atomic E-state index is 0.162. The summed E-state index contributed by atoms with van der Waals surface area (Å²) in [7, 11) is 0. The molecule has 0 atom stereocenters. The third-order valence-electron chi connectivity index (χ3n) is 6.92. The molecule has 0 unspecified atom stereocenters. The van der Waals surface area contributed by atoms with Gasteiger partial charge in [0.15, 0.2) is 0 Å². The third-order valence-corrected chi connectivity index (χ3v) is 7.95. The van der Waals surface area contributed by atoms with E-state index in [1.165, 1.54) is 21.6 Å². The molecule has 0 N–H and O–H groups in total. The molecule has 0 saturated carbocycles. The molecule has 0 aliphatic carbocycles. The van der Waals surface area contributed by atoms with Crippen LogP contribution in [0.25, 0.3) is 21.6 Å². The van der Waals surface area contributed by atoms with Crippen molar-refractivity contribution in [3.8, 4) is 21.6 Å². The lowest BCUT2D eigenvalue weighted by Gasteiger charge is -2.39. The molecule has 4 aromatic rings. The van der Waals surface area contributed by atoms with Crippen molar-refractivity contribution in [2.24, 2.45) is 0 Å². The lowest BCUT2D eigenvalue weighted by Crippen LogP contribution is -2.42. The van der Waals surface area contributed by atoms with Crippen LogP contribution < -0.4 is 0 Å². The second kappa shape index (κ2) is 8.29. The average molecular weight is 452 g/mol. The maximum Gasteiger partial charge on any atom is 0.340 e. The number of carbonyl (C=O) groups excluding carboxylic acids is 1. The van der Waals surface area contributed by atoms with Crippen molar-refractivity contribution in [1.82, 2.24) is 4.90 Å². The SMILES string of the molecule is O=C1OC2(CCN(Cc3ccccc3)CC2)c2c1csc2-c1ccc(-c2ccccc2)cc1. The van der Waals surface area contributed by atoms with Gasteiger partial charge in [-0.1, -0.05) is 84.9 Å². The van der Waals surface area contributed by atoms with Gasteiger partial charge in [-0.05, 0) is 22.3 Å². The van der Waals surface area contributed by atoms with Crippen molar-refractivity contribution < 1.29 is 9.53 Å². The Hall–Kier alpha value is -3.21. The monoisotopic (exact) mass is 451 g/mol. The Morgan fingerprint density at radius 2 is 1.39 bits per heavy atom. The number of thiophene rings is 1. The van der Waals surface area contributed by atoms with Gasteiger partial charge in [0.05, 0.1) is 5.56 Å². The standard InChI is InChI=1S/C29H25NO2S/c31-28-25-20-33-27(24-13-11-23(12-14-24)22-9-5-2-6-10-22)26(25)29(32-28)15-17-30(18-16-29)19-21-7-3-1-4-8-21/h1-14,20H,15-19H2. The molecule has 164 valence electrons. The second-order valence-electron chi connectivity index (χ2n) is 8.94. The number of hydrogen-bond acceptors (Lipinski definition) is 4. The van der Waals surface area contributed by atoms with Crippen molar-refractivity contribution >= 4 is 17.3 Å². The van der Waals surface area contributed by atoms with Crippen LogP contribution in [0.5, 0.6) is 0 Å². The first-order chi connectivity index (χ1) is 16.2. The first-order valence-electron chi connectivity index (χ1n) is 11.5. The molecule has 1 saturated heterocycles. The van der Waals surface area contributed by atoms with Crippen LogP contribution in [0, 0.1) is 0 Å². The fraction of sp³-hybridized carbons (Fsp3) is 0.207. The Balaban J connectivity index is 1.27. The van der Waals surface area contributed by atoms with E-state index in [0.29, 0.717) is 0 Å². The predicted octanol–water partition coefficient (Wildman–Crippen LogP) is 6.74. The summed E-state index contributed by atoms with van der Waals surface area (Å²) in [5.41, 5.74) is 6.28. The highest BCUT2D eigenvalue weighted by atomic mass is 32.1. The maximum atomic E-state index is 12.8. The number of hydrogen-bond donors (Lipinski definition) is 0. The van der Waals surface area contributed by atoms with E-state index in [2.05, 4.69) is 83.8 Å². The second-order valence-corrected chi connectivity index (χ2v) is 9.82. The number of ether oxygens (including phenoxy) is 1. The number of nitrogens with zero attached hydrogens (tertiary/aromatic N) is 1. The van der Waals surface area contributed by atoms with Crippen LogP contribution in [0.1, 0.15) is 34.3 Å². The van der Waals surface area contributed by atoms with E-state index in [4.69, 9.17) is 4.74 Å². The van der Waals surface area contributed by atoms with E-state index in [1.807, 2.05) is 11.4 Å². The minimum Gasteiger partial charge on any atom is -0.450 e. The number of fused-ring (bicyclic) bond motifs is 2. The zero-order valence-electron chi connectivity index (χ0n) is 18.4. The summed E-state index contributed by atoms with van der Waals surface area (Å²) in [6, 6.07) is 29.7. The Morgan fingerprint density at radius 1 is 0.788 bits per heavy atom. The smallest absolute Gasteiger partial charge is 0.340 e. The molecule has 0 bridgehead atoms. The summed E-state index contributed by atoms with van der Waals surface area (Å²) in [5, 5.41) is 1.99. The first kappa shape index (κ1) is 20.4. The predicted molar refractivity (Wildman–Crippen MR) is 133 cm³/mol. The molecule has 4 heteroatoms. The quantitative estimate of drug-likeness (QED) is 0.322. The van der Waals surface area contributed by atoms with Crippen LogP contribution >= 0.6 is 11.3 Å². The minimum atomic E-state index is -0.493. The van der Waals surface area contributed by atoms with E-state index < -0.39 is 5.60 Å². The summed E-state index contributed by atoms with van der Waals surface area (Å²) >= 11 is 1.67. The van der Waals surface area contributed by atoms with Crippen LogP contribution in [0.4, 0.5) is 0 Å². The molecule has 0 amide bonds. The van der Waals surface area contributed by atoms with Crippen molar-refractivity contribution in [2.45, 2.75) is 25.0 Å². The van der Waals surface area contributed by atoms with Crippen LogP contribution in [-0.4, -0.2) is 24.0 Å². The highest BCUT2D eigenvalue weighted by molar-refractivity contribution is 7.14. The van der Waals surface area contributed by atoms with E-state index >= 15 is 0 Å². The fourth-order valence-electron chi connectivity index (χ4n) is 5.17. The normalized spacial score (nSPS) is 17.2. The average Bonchev–Trinajstić information content (AvgIpc) is 3.43. The van der Waals surface area contributed by atoms with E-state index in [-0.39, 0.29) is 5.97 Å². The number of esters is 1. The van der Waals surface area contributed by atoms with Gasteiger partial charge in [-0.3, -0.25) is 4.90 Å². The fourth-order valence-corrected chi connectivity index (χ4v) is 6.30. The van der Waals surface area contributed by atoms with E-state index in [0.717, 1.165) is 49.2 Å². The van der Waals surface area contributed by atoms with Gasteiger partial charge >= 0.3 is 5.97 Å². The molecular formula is C29H25NO2S. The van der Waals surface area contributed by atoms with Gasteiger partial charge in [0, 0.05) is 48.3 Å². The van der Waals surface area contributed by atoms with Crippen molar-refractivity contribution in [1.29, 1.82) is 0 Å². The molecule has 33 heavy (non-hydrogen) atoms. The molecule has 2 aliphatic rings. The van der Waals surface area contributed by atoms with E-state index in [1.54, 1.807) is 11.3 Å². The first-order valence-corrected chi connectivity index (χ1v) is 12.4. The summed E-state index contributed by atoms with van der Waals surface area (Å²) in [6.07, 6.45) is 1.68. The van der Waals surface area contributed by atoms with Gasteiger partial charge in [0.25, 0.3) is 0 Å². The number of likely N-dealkylation sites (tertiary alicyclic amines) is 1. The third kappa shape index (κ3) is 3.69. The van der Waals surface area contributed by atoms with Crippen LogP contribution in [0.2, 0.25) is 0 Å². The van der Waals surface area contributed by atoms with Crippen LogP contribution in [-0.2, 0) is 16.9 Å². The highest BCUT2D eigenvalue weighted by Gasteiger charge is 2.49. The largest absolute Gasteiger partial charge is 0.450 e. The number of benzene rings is 3. The van der Waals surface area contributed by atoms with Gasteiger partial charge in [-0.25, -0.2) is 4.79 Å². The van der Waals surface area contributed by atoms with Gasteiger partial charge in [0.1, 0.15) is 5.60 Å². The number of carbonyl (C=O) groups is 1. The Kier molecular flexibility index (Phi) is 5.12. The van der Waals surface area contributed by atoms with Gasteiger partial charge in [-0.15, -0.1) is 11.3 Å². The molecule has 0 radical (unpaired) electrons. The molecular weight excluding hydrogens is 426 g/mol. The zero-order chi connectivity index (χ0) is 22.3. The summed E-state index contributed by atoms with van der Waals surface area (Å²) < 4.78 is 6.10. The number of piperidine rings is 1. The van der Waals surface area contributed by atoms with Crippen molar-refractivity contribution in [3.05, 3.63) is 107 Å². The van der Waals surface area contributed by atoms with Crippen LogP contribution in [0.3, 0.4) is 0 Å². The molecule has 3 heterocycles. The summed E-state index contributed by atoms with van der Waals surface area (Å²) in [5.74, 6) is -0.162. The topological polar surface area (TPSA) is 29.5 Å². The number of rotatable bonds is 4. The summed E-state index contributed by atoms with van der Waals surface area (Å²) in [4.78, 5) is 16.4. The molecule has 3 aromatic carbocycles. The molecule has 1 fully saturated rings. The zero-order valence-corrected chi connectivity index (χ0v) is 19.2. The van der Waals surface area contributed by atoms with Gasteiger partial charge in [-0.2, -0.15) is 0 Å².